The number of hydrogen-bond acceptors (Lipinski definition) is 4. The molecule has 2 rings (SSSR count). The zero-order valence-corrected chi connectivity index (χ0v) is 11.3. The van der Waals surface area contributed by atoms with Gasteiger partial charge in [-0.2, -0.15) is 5.10 Å². The van der Waals surface area contributed by atoms with Crippen molar-refractivity contribution in [2.24, 2.45) is 5.10 Å². The van der Waals surface area contributed by atoms with E-state index in [-0.39, 0.29) is 0 Å². The molecule has 5 heteroatoms. The maximum atomic E-state index is 5.50. The van der Waals surface area contributed by atoms with Crippen molar-refractivity contribution in [1.29, 1.82) is 0 Å². The highest BCUT2D eigenvalue weighted by molar-refractivity contribution is 7.80. The molecule has 0 aliphatic rings. The monoisotopic (exact) mass is 274 g/mol. The highest BCUT2D eigenvalue weighted by Gasteiger charge is 2.02. The van der Waals surface area contributed by atoms with E-state index in [0.717, 1.165) is 11.3 Å². The molecule has 19 heavy (non-hydrogen) atoms. The van der Waals surface area contributed by atoms with Gasteiger partial charge in [-0.05, 0) is 31.2 Å². The topological polar surface area (TPSA) is 46.8 Å². The lowest BCUT2D eigenvalue weighted by Crippen LogP contribution is -2.15. The van der Waals surface area contributed by atoms with Crippen molar-refractivity contribution in [2.75, 3.05) is 6.61 Å². The first-order chi connectivity index (χ1) is 9.31. The first kappa shape index (κ1) is 13.3. The molecule has 0 saturated carbocycles. The Morgan fingerprint density at radius 2 is 2.21 bits per heavy atom. The van der Waals surface area contributed by atoms with Crippen LogP contribution >= 0.6 is 12.2 Å². The van der Waals surface area contributed by atoms with Gasteiger partial charge in [-0.15, -0.1) is 0 Å². The van der Waals surface area contributed by atoms with E-state index >= 15 is 0 Å². The van der Waals surface area contributed by atoms with Crippen LogP contribution in [0.1, 0.15) is 18.2 Å². The summed E-state index contributed by atoms with van der Waals surface area (Å²) in [5.41, 5.74) is 3.64. The molecule has 0 atom stereocenters. The van der Waals surface area contributed by atoms with Gasteiger partial charge in [0.2, 0.25) is 0 Å². The second kappa shape index (κ2) is 6.70. The van der Waals surface area contributed by atoms with E-state index in [0.29, 0.717) is 17.4 Å². The Balaban J connectivity index is 2.01. The third kappa shape index (κ3) is 3.66. The number of thiocarbonyl (C=S) groups is 1. The van der Waals surface area contributed by atoms with Crippen LogP contribution in [0.5, 0.6) is 5.75 Å². The molecule has 1 N–H and O–H groups in total. The van der Waals surface area contributed by atoms with E-state index in [1.165, 1.54) is 0 Å². The third-order valence-corrected chi connectivity index (χ3v) is 2.63. The minimum absolute atomic E-state index is 0.440. The summed E-state index contributed by atoms with van der Waals surface area (Å²) in [7, 11) is 0. The van der Waals surface area contributed by atoms with Gasteiger partial charge in [-0.3, -0.25) is 5.43 Å². The van der Waals surface area contributed by atoms with Gasteiger partial charge in [-0.25, -0.2) is 0 Å². The molecule has 98 valence electrons. The average molecular weight is 274 g/mol. The molecule has 0 spiro atoms. The van der Waals surface area contributed by atoms with Gasteiger partial charge in [0, 0.05) is 5.56 Å². The second-order valence-electron chi connectivity index (χ2n) is 3.65. The quantitative estimate of drug-likeness (QED) is 0.517. The summed E-state index contributed by atoms with van der Waals surface area (Å²) in [6.07, 6.45) is 3.23. The van der Waals surface area contributed by atoms with E-state index in [2.05, 4.69) is 10.5 Å². The van der Waals surface area contributed by atoms with Crippen LogP contribution in [0, 0.1) is 0 Å². The summed E-state index contributed by atoms with van der Waals surface area (Å²) >= 11 is 5.12. The molecule has 0 aliphatic heterocycles. The van der Waals surface area contributed by atoms with E-state index in [9.17, 15) is 0 Å². The molecule has 0 radical (unpaired) electrons. The molecule has 0 aliphatic carbocycles. The minimum Gasteiger partial charge on any atom is -0.493 e. The Kier molecular flexibility index (Phi) is 4.69. The number of nitrogens with zero attached hydrogens (tertiary/aromatic N) is 1. The highest BCUT2D eigenvalue weighted by atomic mass is 32.1. The summed E-state index contributed by atoms with van der Waals surface area (Å²) < 4.78 is 10.7. The highest BCUT2D eigenvalue weighted by Crippen LogP contribution is 2.15. The molecule has 0 saturated heterocycles. The lowest BCUT2D eigenvalue weighted by Gasteiger charge is -2.05. The second-order valence-corrected chi connectivity index (χ2v) is 4.06. The molecule has 0 fully saturated rings. The zero-order valence-electron chi connectivity index (χ0n) is 10.5. The van der Waals surface area contributed by atoms with Gasteiger partial charge in [0.05, 0.1) is 19.1 Å². The van der Waals surface area contributed by atoms with Gasteiger partial charge in [0.1, 0.15) is 5.75 Å². The fraction of sp³-hybridized carbons (Fsp3) is 0.143. The largest absolute Gasteiger partial charge is 0.493 e. The Hall–Kier alpha value is -2.14. The molecule has 0 unspecified atom stereocenters. The minimum atomic E-state index is 0.440. The number of ether oxygens (including phenoxy) is 1. The van der Waals surface area contributed by atoms with Crippen molar-refractivity contribution in [3.8, 4) is 5.75 Å². The van der Waals surface area contributed by atoms with E-state index in [4.69, 9.17) is 21.4 Å². The van der Waals surface area contributed by atoms with Crippen molar-refractivity contribution < 1.29 is 9.15 Å². The van der Waals surface area contributed by atoms with Gasteiger partial charge < -0.3 is 9.15 Å². The van der Waals surface area contributed by atoms with Crippen LogP contribution in [0.4, 0.5) is 0 Å². The van der Waals surface area contributed by atoms with Crippen LogP contribution in [0.25, 0.3) is 0 Å². The summed E-state index contributed by atoms with van der Waals surface area (Å²) in [6.45, 7) is 2.56. The first-order valence-electron chi connectivity index (χ1n) is 5.90. The maximum absolute atomic E-state index is 5.50. The van der Waals surface area contributed by atoms with Crippen molar-refractivity contribution >= 4 is 23.4 Å². The summed E-state index contributed by atoms with van der Waals surface area (Å²) in [6, 6.07) is 11.2. The van der Waals surface area contributed by atoms with Crippen LogP contribution in [-0.2, 0) is 0 Å². The molecular formula is C14H14N2O2S. The van der Waals surface area contributed by atoms with Gasteiger partial charge in [0.25, 0.3) is 0 Å². The number of rotatable bonds is 5. The van der Waals surface area contributed by atoms with E-state index < -0.39 is 0 Å². The molecule has 1 aromatic heterocycles. The third-order valence-electron chi connectivity index (χ3n) is 2.33. The Labute approximate surface area is 117 Å². The van der Waals surface area contributed by atoms with Crippen molar-refractivity contribution in [2.45, 2.75) is 6.92 Å². The molecule has 1 aromatic carbocycles. The van der Waals surface area contributed by atoms with Crippen LogP contribution < -0.4 is 10.2 Å². The van der Waals surface area contributed by atoms with E-state index in [1.54, 1.807) is 24.6 Å². The SMILES string of the molecule is CCOc1ccccc1/C=N/NC(=S)c1ccco1. The fourth-order valence-electron chi connectivity index (χ4n) is 1.50. The molecule has 1 heterocycles. The number of nitrogens with one attached hydrogen (secondary N) is 1. The lowest BCUT2D eigenvalue weighted by molar-refractivity contribution is 0.340. The Morgan fingerprint density at radius 1 is 1.37 bits per heavy atom. The smallest absolute Gasteiger partial charge is 0.162 e. The summed E-state index contributed by atoms with van der Waals surface area (Å²) in [5.74, 6) is 1.38. The average Bonchev–Trinajstić information content (AvgIpc) is 2.95. The Morgan fingerprint density at radius 3 is 2.95 bits per heavy atom. The normalized spacial score (nSPS) is 10.6. The van der Waals surface area contributed by atoms with Crippen LogP contribution in [0.2, 0.25) is 0 Å². The van der Waals surface area contributed by atoms with Crippen molar-refractivity contribution in [3.05, 3.63) is 54.0 Å². The number of hydrazone groups is 1. The first-order valence-corrected chi connectivity index (χ1v) is 6.31. The number of hydrogen-bond donors (Lipinski definition) is 1. The van der Waals surface area contributed by atoms with Crippen LogP contribution in [-0.4, -0.2) is 17.8 Å². The van der Waals surface area contributed by atoms with E-state index in [1.807, 2.05) is 31.2 Å². The molecule has 2 aromatic rings. The van der Waals surface area contributed by atoms with Crippen LogP contribution in [0.15, 0.2) is 52.2 Å². The molecule has 4 nitrogen and oxygen atoms in total. The molecular weight excluding hydrogens is 260 g/mol. The maximum Gasteiger partial charge on any atom is 0.162 e. The predicted octanol–water partition coefficient (Wildman–Crippen LogP) is 2.98. The summed E-state index contributed by atoms with van der Waals surface area (Å²) in [4.78, 5) is 0.440. The van der Waals surface area contributed by atoms with Gasteiger partial charge in [0.15, 0.2) is 10.7 Å². The standard InChI is InChI=1S/C14H14N2O2S/c1-2-17-12-7-4-3-6-11(12)10-15-16-14(19)13-8-5-9-18-13/h3-10H,2H2,1H3,(H,16,19)/b15-10+. The number of para-hydroxylation sites is 1. The zero-order chi connectivity index (χ0) is 13.5. The van der Waals surface area contributed by atoms with Crippen LogP contribution in [0.3, 0.4) is 0 Å². The predicted molar refractivity (Wildman–Crippen MR) is 78.7 cm³/mol. The fourth-order valence-corrected chi connectivity index (χ4v) is 1.67. The number of furan rings is 1. The van der Waals surface area contributed by atoms with Gasteiger partial charge in [-0.1, -0.05) is 24.4 Å². The Bertz CT molecular complexity index is 565. The van der Waals surface area contributed by atoms with Gasteiger partial charge >= 0.3 is 0 Å². The van der Waals surface area contributed by atoms with Crippen molar-refractivity contribution in [1.82, 2.24) is 5.43 Å². The summed E-state index contributed by atoms with van der Waals surface area (Å²) in [5, 5.41) is 4.08. The molecule has 0 bridgehead atoms. The molecule has 0 amide bonds. The van der Waals surface area contributed by atoms with Crippen molar-refractivity contribution in [3.63, 3.8) is 0 Å². The number of benzene rings is 1. The lowest BCUT2D eigenvalue weighted by atomic mass is 10.2.